The molecule has 0 bridgehead atoms. The Hall–Kier alpha value is -1.77. The van der Waals surface area contributed by atoms with Crippen LogP contribution in [0.15, 0.2) is 34.0 Å². The van der Waals surface area contributed by atoms with E-state index in [1.165, 1.54) is 27.6 Å². The summed E-state index contributed by atoms with van der Waals surface area (Å²) in [5.74, 6) is -0.128. The highest BCUT2D eigenvalue weighted by Crippen LogP contribution is 2.26. The van der Waals surface area contributed by atoms with E-state index in [1.807, 2.05) is 12.1 Å². The standard InChI is InChI=1S/C18H21N3O3S2/c22-18(17-12-25-13-19-17)20-7-9-21(10-8-20)26(23,24)16-6-5-14-3-1-2-4-15(14)11-16/h5-6,11-13H,1-4,7-10H2. The van der Waals surface area contributed by atoms with Gasteiger partial charge in [-0.1, -0.05) is 6.07 Å². The second-order valence-electron chi connectivity index (χ2n) is 6.71. The Morgan fingerprint density at radius 3 is 2.46 bits per heavy atom. The number of thiazole rings is 1. The van der Waals surface area contributed by atoms with E-state index in [-0.39, 0.29) is 5.91 Å². The van der Waals surface area contributed by atoms with Crippen LogP contribution in [0.2, 0.25) is 0 Å². The van der Waals surface area contributed by atoms with E-state index in [1.54, 1.807) is 21.9 Å². The van der Waals surface area contributed by atoms with E-state index in [4.69, 9.17) is 0 Å². The molecular weight excluding hydrogens is 370 g/mol. The van der Waals surface area contributed by atoms with Crippen LogP contribution in [0.1, 0.15) is 34.5 Å². The molecule has 1 aliphatic carbocycles. The fraction of sp³-hybridized carbons (Fsp3) is 0.444. The van der Waals surface area contributed by atoms with Crippen molar-refractivity contribution in [2.24, 2.45) is 0 Å². The Kier molecular flexibility index (Phi) is 4.81. The van der Waals surface area contributed by atoms with Crippen molar-refractivity contribution in [3.63, 3.8) is 0 Å². The van der Waals surface area contributed by atoms with Gasteiger partial charge in [-0.15, -0.1) is 11.3 Å². The van der Waals surface area contributed by atoms with E-state index < -0.39 is 10.0 Å². The van der Waals surface area contributed by atoms with Gasteiger partial charge in [0.1, 0.15) is 5.69 Å². The molecule has 2 aliphatic rings. The summed E-state index contributed by atoms with van der Waals surface area (Å²) in [4.78, 5) is 18.4. The maximum atomic E-state index is 13.0. The lowest BCUT2D eigenvalue weighted by Gasteiger charge is -2.33. The number of fused-ring (bicyclic) bond motifs is 1. The fourth-order valence-corrected chi connectivity index (χ4v) is 5.63. The molecule has 1 aromatic carbocycles. The number of rotatable bonds is 3. The molecule has 1 aromatic heterocycles. The Morgan fingerprint density at radius 1 is 1.04 bits per heavy atom. The quantitative estimate of drug-likeness (QED) is 0.804. The maximum absolute atomic E-state index is 13.0. The molecule has 26 heavy (non-hydrogen) atoms. The molecule has 6 nitrogen and oxygen atoms in total. The fourth-order valence-electron chi connectivity index (χ4n) is 3.63. The third-order valence-electron chi connectivity index (χ3n) is 5.14. The van der Waals surface area contributed by atoms with Crippen LogP contribution < -0.4 is 0 Å². The number of hydrogen-bond acceptors (Lipinski definition) is 5. The molecule has 0 radical (unpaired) electrons. The van der Waals surface area contributed by atoms with Crippen LogP contribution >= 0.6 is 11.3 Å². The van der Waals surface area contributed by atoms with Gasteiger partial charge in [-0.2, -0.15) is 4.31 Å². The second kappa shape index (κ2) is 7.09. The summed E-state index contributed by atoms with van der Waals surface area (Å²) in [5, 5.41) is 1.72. The molecule has 1 amide bonds. The van der Waals surface area contributed by atoms with Crippen LogP contribution in [0.5, 0.6) is 0 Å². The third-order valence-corrected chi connectivity index (χ3v) is 7.62. The minimum absolute atomic E-state index is 0.128. The second-order valence-corrected chi connectivity index (χ2v) is 9.36. The number of hydrogen-bond donors (Lipinski definition) is 0. The van der Waals surface area contributed by atoms with Crippen molar-refractivity contribution in [3.05, 3.63) is 45.9 Å². The van der Waals surface area contributed by atoms with Crippen molar-refractivity contribution < 1.29 is 13.2 Å². The van der Waals surface area contributed by atoms with E-state index in [2.05, 4.69) is 4.98 Å². The van der Waals surface area contributed by atoms with Gasteiger partial charge in [0.2, 0.25) is 10.0 Å². The molecule has 0 N–H and O–H groups in total. The lowest BCUT2D eigenvalue weighted by molar-refractivity contribution is 0.0693. The van der Waals surface area contributed by atoms with Gasteiger partial charge in [0.05, 0.1) is 10.4 Å². The Labute approximate surface area is 157 Å². The van der Waals surface area contributed by atoms with E-state index >= 15 is 0 Å². The Bertz CT molecular complexity index is 902. The van der Waals surface area contributed by atoms with Crippen LogP contribution in [0.25, 0.3) is 0 Å². The van der Waals surface area contributed by atoms with Crippen molar-refractivity contribution >= 4 is 27.3 Å². The van der Waals surface area contributed by atoms with Crippen molar-refractivity contribution in [1.82, 2.24) is 14.2 Å². The number of carbonyl (C=O) groups is 1. The summed E-state index contributed by atoms with van der Waals surface area (Å²) in [5.41, 5.74) is 4.49. The van der Waals surface area contributed by atoms with Gasteiger partial charge >= 0.3 is 0 Å². The molecule has 8 heteroatoms. The summed E-state index contributed by atoms with van der Waals surface area (Å²) in [6.45, 7) is 1.41. The molecule has 0 spiro atoms. The van der Waals surface area contributed by atoms with Gasteiger partial charge in [-0.25, -0.2) is 13.4 Å². The van der Waals surface area contributed by atoms with Gasteiger partial charge in [0.15, 0.2) is 0 Å². The highest BCUT2D eigenvalue weighted by Gasteiger charge is 2.31. The first kappa shape index (κ1) is 17.6. The molecular formula is C18H21N3O3S2. The first-order valence-corrected chi connectivity index (χ1v) is 11.2. The molecule has 1 aliphatic heterocycles. The smallest absolute Gasteiger partial charge is 0.273 e. The first-order valence-electron chi connectivity index (χ1n) is 8.85. The monoisotopic (exact) mass is 391 g/mol. The normalized spacial score (nSPS) is 18.5. The predicted octanol–water partition coefficient (Wildman–Crippen LogP) is 2.17. The van der Waals surface area contributed by atoms with Crippen molar-refractivity contribution in [3.8, 4) is 0 Å². The Morgan fingerprint density at radius 2 is 1.77 bits per heavy atom. The van der Waals surface area contributed by atoms with Gasteiger partial charge in [-0.05, 0) is 48.9 Å². The molecule has 2 aromatic rings. The summed E-state index contributed by atoms with van der Waals surface area (Å²) >= 11 is 1.38. The molecule has 0 saturated carbocycles. The number of nitrogens with zero attached hydrogens (tertiary/aromatic N) is 3. The summed E-state index contributed by atoms with van der Waals surface area (Å²) in [6.07, 6.45) is 4.28. The summed E-state index contributed by atoms with van der Waals surface area (Å²) in [6, 6.07) is 5.53. The largest absolute Gasteiger partial charge is 0.335 e. The van der Waals surface area contributed by atoms with Gasteiger partial charge < -0.3 is 4.90 Å². The highest BCUT2D eigenvalue weighted by molar-refractivity contribution is 7.89. The van der Waals surface area contributed by atoms with Crippen molar-refractivity contribution in [2.45, 2.75) is 30.6 Å². The van der Waals surface area contributed by atoms with E-state index in [9.17, 15) is 13.2 Å². The number of sulfonamides is 1. The Balaban J connectivity index is 1.47. The lowest BCUT2D eigenvalue weighted by Crippen LogP contribution is -2.50. The zero-order valence-corrected chi connectivity index (χ0v) is 16.1. The minimum atomic E-state index is -3.52. The van der Waals surface area contributed by atoms with E-state index in [0.717, 1.165) is 24.8 Å². The van der Waals surface area contributed by atoms with Gasteiger partial charge in [0, 0.05) is 31.6 Å². The van der Waals surface area contributed by atoms with Crippen LogP contribution in [-0.2, 0) is 22.9 Å². The number of aromatic nitrogens is 1. The van der Waals surface area contributed by atoms with E-state index in [0.29, 0.717) is 36.8 Å². The SMILES string of the molecule is O=C(c1cscn1)N1CCN(S(=O)(=O)c2ccc3c(c2)CCCC3)CC1. The van der Waals surface area contributed by atoms with Gasteiger partial charge in [0.25, 0.3) is 5.91 Å². The number of aryl methyl sites for hydroxylation is 2. The maximum Gasteiger partial charge on any atom is 0.273 e. The van der Waals surface area contributed by atoms with Gasteiger partial charge in [-0.3, -0.25) is 4.79 Å². The molecule has 1 saturated heterocycles. The summed E-state index contributed by atoms with van der Waals surface area (Å²) in [7, 11) is -3.52. The first-order chi connectivity index (χ1) is 12.6. The molecule has 138 valence electrons. The van der Waals surface area contributed by atoms with Crippen LogP contribution in [0.4, 0.5) is 0 Å². The molecule has 2 heterocycles. The molecule has 1 fully saturated rings. The molecule has 0 atom stereocenters. The highest BCUT2D eigenvalue weighted by atomic mass is 32.2. The molecule has 4 rings (SSSR count). The van der Waals surface area contributed by atoms with Crippen LogP contribution in [0, 0.1) is 0 Å². The average Bonchev–Trinajstić information content (AvgIpc) is 3.22. The van der Waals surface area contributed by atoms with Crippen LogP contribution in [0.3, 0.4) is 0 Å². The zero-order chi connectivity index (χ0) is 18.1. The summed E-state index contributed by atoms with van der Waals surface area (Å²) < 4.78 is 27.5. The minimum Gasteiger partial charge on any atom is -0.335 e. The number of piperazine rings is 1. The van der Waals surface area contributed by atoms with Crippen LogP contribution in [-0.4, -0.2) is 54.7 Å². The third kappa shape index (κ3) is 3.28. The number of carbonyl (C=O) groups excluding carboxylic acids is 1. The zero-order valence-electron chi connectivity index (χ0n) is 14.4. The number of benzene rings is 1. The van der Waals surface area contributed by atoms with Crippen molar-refractivity contribution in [2.75, 3.05) is 26.2 Å². The molecule has 0 unspecified atom stereocenters. The number of amides is 1. The average molecular weight is 392 g/mol. The predicted molar refractivity (Wildman–Crippen MR) is 99.9 cm³/mol. The van der Waals surface area contributed by atoms with Crippen molar-refractivity contribution in [1.29, 1.82) is 0 Å². The lowest BCUT2D eigenvalue weighted by atomic mass is 9.92. The topological polar surface area (TPSA) is 70.6 Å².